The van der Waals surface area contributed by atoms with E-state index in [1.807, 2.05) is 30.5 Å². The number of fused-ring (bicyclic) bond motifs is 1. The maximum atomic E-state index is 11.3. The number of para-hydroxylation sites is 1. The van der Waals surface area contributed by atoms with Crippen LogP contribution in [0.2, 0.25) is 0 Å². The number of aliphatic imine (C=N–C) groups is 1. The molecule has 0 radical (unpaired) electrons. The monoisotopic (exact) mass is 303 g/mol. The summed E-state index contributed by atoms with van der Waals surface area (Å²) in [4.78, 5) is 18.3. The number of aromatic amines is 1. The minimum absolute atomic E-state index is 0.0265. The Labute approximate surface area is 128 Å². The average molecular weight is 303 g/mol. The summed E-state index contributed by atoms with van der Waals surface area (Å²) in [6, 6.07) is 7.30. The first kappa shape index (κ1) is 15.8. The highest BCUT2D eigenvalue weighted by Crippen LogP contribution is 2.17. The fourth-order valence-corrected chi connectivity index (χ4v) is 2.33. The van der Waals surface area contributed by atoms with Crippen LogP contribution in [0.5, 0.6) is 0 Å². The zero-order valence-corrected chi connectivity index (χ0v) is 12.2. The molecule has 0 aliphatic heterocycles. The molecule has 7 nitrogen and oxygen atoms in total. The van der Waals surface area contributed by atoms with E-state index in [4.69, 9.17) is 11.5 Å². The van der Waals surface area contributed by atoms with Crippen LogP contribution in [0.15, 0.2) is 35.5 Å². The number of hydrogen-bond acceptors (Lipinski definition) is 3. The van der Waals surface area contributed by atoms with Gasteiger partial charge in [0, 0.05) is 30.2 Å². The van der Waals surface area contributed by atoms with Crippen LogP contribution < -0.4 is 16.8 Å². The third-order valence-corrected chi connectivity index (χ3v) is 3.46. The normalized spacial score (nSPS) is 12.2. The predicted octanol–water partition coefficient (Wildman–Crippen LogP) is 0.764. The molecule has 2 aromatic rings. The van der Waals surface area contributed by atoms with E-state index in [1.165, 1.54) is 0 Å². The second kappa shape index (κ2) is 7.46. The fourth-order valence-electron chi connectivity index (χ4n) is 2.33. The summed E-state index contributed by atoms with van der Waals surface area (Å²) in [5.41, 5.74) is 12.6. The van der Waals surface area contributed by atoms with E-state index in [9.17, 15) is 9.90 Å². The Bertz CT molecular complexity index is 661. The molecular weight excluding hydrogens is 282 g/mol. The Morgan fingerprint density at radius 3 is 2.86 bits per heavy atom. The molecule has 0 saturated heterocycles. The molecule has 22 heavy (non-hydrogen) atoms. The quantitative estimate of drug-likeness (QED) is 0.279. The van der Waals surface area contributed by atoms with Crippen molar-refractivity contribution in [3.63, 3.8) is 0 Å². The van der Waals surface area contributed by atoms with Crippen molar-refractivity contribution < 1.29 is 9.90 Å². The molecule has 2 rings (SSSR count). The number of nitrogens with two attached hydrogens (primary N) is 2. The van der Waals surface area contributed by atoms with Gasteiger partial charge < -0.3 is 26.9 Å². The maximum absolute atomic E-state index is 11.3. The van der Waals surface area contributed by atoms with Crippen LogP contribution >= 0.6 is 0 Å². The molecule has 0 amide bonds. The lowest BCUT2D eigenvalue weighted by atomic mass is 10.1. The molecule has 7 heteroatoms. The first-order chi connectivity index (χ1) is 10.6. The van der Waals surface area contributed by atoms with Crippen LogP contribution in [-0.4, -0.2) is 34.6 Å². The number of aliphatic carboxylic acids is 1. The second-order valence-corrected chi connectivity index (χ2v) is 5.08. The predicted molar refractivity (Wildman–Crippen MR) is 86.5 cm³/mol. The van der Waals surface area contributed by atoms with Crippen molar-refractivity contribution in [3.8, 4) is 0 Å². The third-order valence-electron chi connectivity index (χ3n) is 3.46. The largest absolute Gasteiger partial charge is 0.480 e. The zero-order valence-electron chi connectivity index (χ0n) is 12.2. The number of carbonyl (C=O) groups is 1. The number of H-pyrrole nitrogens is 1. The van der Waals surface area contributed by atoms with Crippen LogP contribution in [-0.2, 0) is 11.3 Å². The van der Waals surface area contributed by atoms with Crippen molar-refractivity contribution >= 4 is 22.8 Å². The van der Waals surface area contributed by atoms with E-state index in [0.29, 0.717) is 25.9 Å². The lowest BCUT2D eigenvalue weighted by Crippen LogP contribution is -2.36. The highest BCUT2D eigenvalue weighted by Gasteiger charge is 2.16. The van der Waals surface area contributed by atoms with Crippen molar-refractivity contribution in [1.82, 2.24) is 10.3 Å². The summed E-state index contributed by atoms with van der Waals surface area (Å²) >= 11 is 0. The van der Waals surface area contributed by atoms with Gasteiger partial charge in [-0.2, -0.15) is 0 Å². The molecule has 0 fully saturated rings. The second-order valence-electron chi connectivity index (χ2n) is 5.08. The lowest BCUT2D eigenvalue weighted by molar-refractivity contribution is -0.139. The van der Waals surface area contributed by atoms with E-state index in [0.717, 1.165) is 16.5 Å². The number of nitrogens with one attached hydrogen (secondary N) is 2. The van der Waals surface area contributed by atoms with Gasteiger partial charge in [-0.1, -0.05) is 18.2 Å². The first-order valence-electron chi connectivity index (χ1n) is 7.14. The molecule has 1 aromatic carbocycles. The summed E-state index contributed by atoms with van der Waals surface area (Å²) < 4.78 is 0. The van der Waals surface area contributed by atoms with Crippen molar-refractivity contribution in [2.75, 3.05) is 6.54 Å². The fraction of sp³-hybridized carbons (Fsp3) is 0.333. The number of rotatable bonds is 8. The molecule has 0 bridgehead atoms. The molecule has 0 spiro atoms. The van der Waals surface area contributed by atoms with Gasteiger partial charge in [-0.15, -0.1) is 0 Å². The standard InChI is InChI=1S/C15H21N5O2/c16-15(17)18-7-3-6-13(14(21)22)20-9-10-8-19-12-5-2-1-4-11(10)12/h1-2,4-5,8,13,19-20H,3,6-7,9H2,(H,21,22)(H4,16,17,18)/t13-/m0/s1. The molecule has 0 aliphatic rings. The maximum Gasteiger partial charge on any atom is 0.320 e. The molecule has 1 aromatic heterocycles. The summed E-state index contributed by atoms with van der Waals surface area (Å²) in [5.74, 6) is -0.844. The smallest absolute Gasteiger partial charge is 0.320 e. The van der Waals surface area contributed by atoms with Gasteiger partial charge >= 0.3 is 5.97 Å². The Hall–Kier alpha value is -2.54. The van der Waals surface area contributed by atoms with Crippen LogP contribution in [0.4, 0.5) is 0 Å². The Morgan fingerprint density at radius 2 is 2.14 bits per heavy atom. The number of benzene rings is 1. The Balaban J connectivity index is 1.91. The van der Waals surface area contributed by atoms with E-state index in [-0.39, 0.29) is 5.96 Å². The first-order valence-corrected chi connectivity index (χ1v) is 7.14. The molecule has 118 valence electrons. The summed E-state index contributed by atoms with van der Waals surface area (Å²) in [5, 5.41) is 13.4. The third kappa shape index (κ3) is 4.23. The Morgan fingerprint density at radius 1 is 1.36 bits per heavy atom. The van der Waals surface area contributed by atoms with Crippen molar-refractivity contribution in [1.29, 1.82) is 0 Å². The summed E-state index contributed by atoms with van der Waals surface area (Å²) in [6.07, 6.45) is 2.97. The molecule has 0 unspecified atom stereocenters. The molecule has 7 N–H and O–H groups in total. The van der Waals surface area contributed by atoms with E-state index < -0.39 is 12.0 Å². The van der Waals surface area contributed by atoms with Gasteiger partial charge in [0.15, 0.2) is 5.96 Å². The van der Waals surface area contributed by atoms with Crippen molar-refractivity contribution in [2.24, 2.45) is 16.5 Å². The average Bonchev–Trinajstić information content (AvgIpc) is 2.89. The van der Waals surface area contributed by atoms with Crippen molar-refractivity contribution in [2.45, 2.75) is 25.4 Å². The number of hydrogen-bond donors (Lipinski definition) is 5. The highest BCUT2D eigenvalue weighted by molar-refractivity contribution is 5.83. The van der Waals surface area contributed by atoms with Crippen LogP contribution in [0.3, 0.4) is 0 Å². The minimum atomic E-state index is -0.871. The number of carboxylic acid groups (broad SMARTS) is 1. The number of aromatic nitrogens is 1. The van der Waals surface area contributed by atoms with E-state index in [2.05, 4.69) is 15.3 Å². The van der Waals surface area contributed by atoms with Crippen LogP contribution in [0.25, 0.3) is 10.9 Å². The Kier molecular flexibility index (Phi) is 5.37. The van der Waals surface area contributed by atoms with Gasteiger partial charge in [0.05, 0.1) is 0 Å². The zero-order chi connectivity index (χ0) is 15.9. The van der Waals surface area contributed by atoms with Gasteiger partial charge in [-0.05, 0) is 24.5 Å². The van der Waals surface area contributed by atoms with Gasteiger partial charge in [-0.25, -0.2) is 0 Å². The molecule has 0 saturated carbocycles. The molecule has 1 atom stereocenters. The number of nitrogens with zero attached hydrogens (tertiary/aromatic N) is 1. The van der Waals surface area contributed by atoms with Gasteiger partial charge in [-0.3, -0.25) is 9.79 Å². The topological polar surface area (TPSA) is 130 Å². The summed E-state index contributed by atoms with van der Waals surface area (Å²) in [7, 11) is 0. The van der Waals surface area contributed by atoms with Gasteiger partial charge in [0.25, 0.3) is 0 Å². The summed E-state index contributed by atoms with van der Waals surface area (Å²) in [6.45, 7) is 0.921. The number of carboxylic acids is 1. The van der Waals surface area contributed by atoms with Crippen LogP contribution in [0.1, 0.15) is 18.4 Å². The van der Waals surface area contributed by atoms with Gasteiger partial charge in [0.2, 0.25) is 0 Å². The lowest BCUT2D eigenvalue weighted by Gasteiger charge is -2.13. The highest BCUT2D eigenvalue weighted by atomic mass is 16.4. The molecular formula is C15H21N5O2. The number of guanidine groups is 1. The van der Waals surface area contributed by atoms with Crippen molar-refractivity contribution in [3.05, 3.63) is 36.0 Å². The van der Waals surface area contributed by atoms with E-state index in [1.54, 1.807) is 0 Å². The minimum Gasteiger partial charge on any atom is -0.480 e. The molecule has 1 heterocycles. The SMILES string of the molecule is NC(N)=NCCC[C@H](NCc1c[nH]c2ccccc12)C(=O)O. The van der Waals surface area contributed by atoms with E-state index >= 15 is 0 Å². The van der Waals surface area contributed by atoms with Crippen LogP contribution in [0, 0.1) is 0 Å². The molecule has 0 aliphatic carbocycles. The van der Waals surface area contributed by atoms with Gasteiger partial charge in [0.1, 0.15) is 6.04 Å².